The molecule has 2 amide bonds. The number of nitrogens with one attached hydrogen (secondary N) is 3. The van der Waals surface area contributed by atoms with Crippen LogP contribution in [-0.4, -0.2) is 46.4 Å². The second-order valence-electron chi connectivity index (χ2n) is 7.56. The summed E-state index contributed by atoms with van der Waals surface area (Å²) in [5, 5.41) is 6.23. The molecule has 0 spiro atoms. The Labute approximate surface area is 159 Å². The van der Waals surface area contributed by atoms with Crippen LogP contribution < -0.4 is 10.6 Å². The molecule has 3 N–H and O–H groups in total. The van der Waals surface area contributed by atoms with Crippen LogP contribution in [0.15, 0.2) is 48.7 Å². The SMILES string of the molecule is O=C(NC1CN2CCCC[C@@]2(C(=O)NCc2ccccc2)C1)c1ccc[nH]1. The molecule has 2 aliphatic heterocycles. The zero-order valence-electron chi connectivity index (χ0n) is 15.4. The van der Waals surface area contributed by atoms with E-state index < -0.39 is 5.54 Å². The first-order valence-electron chi connectivity index (χ1n) is 9.69. The fraction of sp³-hybridized carbons (Fsp3) is 0.429. The Bertz CT molecular complexity index is 790. The van der Waals surface area contributed by atoms with Crippen molar-refractivity contribution in [2.45, 2.75) is 43.8 Å². The Morgan fingerprint density at radius 2 is 2.00 bits per heavy atom. The largest absolute Gasteiger partial charge is 0.357 e. The van der Waals surface area contributed by atoms with E-state index in [0.717, 1.165) is 37.9 Å². The third kappa shape index (κ3) is 3.62. The van der Waals surface area contributed by atoms with Crippen molar-refractivity contribution in [1.82, 2.24) is 20.5 Å². The monoisotopic (exact) mass is 366 g/mol. The zero-order valence-corrected chi connectivity index (χ0v) is 15.4. The molecule has 1 aromatic heterocycles. The Morgan fingerprint density at radius 3 is 2.78 bits per heavy atom. The molecule has 0 radical (unpaired) electrons. The van der Waals surface area contributed by atoms with E-state index in [0.29, 0.717) is 18.7 Å². The van der Waals surface area contributed by atoms with Gasteiger partial charge in [0.2, 0.25) is 5.91 Å². The number of rotatable bonds is 5. The number of aromatic nitrogens is 1. The molecule has 2 aliphatic rings. The Hall–Kier alpha value is -2.60. The van der Waals surface area contributed by atoms with Crippen molar-refractivity contribution in [3.63, 3.8) is 0 Å². The molecule has 6 heteroatoms. The Balaban J connectivity index is 1.44. The van der Waals surface area contributed by atoms with Gasteiger partial charge in [-0.25, -0.2) is 0 Å². The Morgan fingerprint density at radius 1 is 1.15 bits per heavy atom. The first-order chi connectivity index (χ1) is 13.2. The molecule has 4 rings (SSSR count). The summed E-state index contributed by atoms with van der Waals surface area (Å²) in [6.07, 6.45) is 5.41. The van der Waals surface area contributed by atoms with Gasteiger partial charge in [0.25, 0.3) is 5.91 Å². The fourth-order valence-corrected chi connectivity index (χ4v) is 4.45. The molecule has 27 heavy (non-hydrogen) atoms. The van der Waals surface area contributed by atoms with E-state index in [1.54, 1.807) is 12.3 Å². The molecule has 0 saturated carbocycles. The summed E-state index contributed by atoms with van der Waals surface area (Å²) in [6, 6.07) is 13.5. The molecule has 2 fully saturated rings. The van der Waals surface area contributed by atoms with Crippen LogP contribution >= 0.6 is 0 Å². The lowest BCUT2D eigenvalue weighted by Crippen LogP contribution is -2.57. The third-order valence-corrected chi connectivity index (χ3v) is 5.79. The molecule has 142 valence electrons. The molecular formula is C21H26N4O2. The number of fused-ring (bicyclic) bond motifs is 1. The summed E-state index contributed by atoms with van der Waals surface area (Å²) in [5.74, 6) is -0.0210. The molecular weight excluding hydrogens is 340 g/mol. The molecule has 0 bridgehead atoms. The number of piperidine rings is 1. The summed E-state index contributed by atoms with van der Waals surface area (Å²) in [6.45, 7) is 2.17. The maximum atomic E-state index is 13.2. The highest BCUT2D eigenvalue weighted by Crippen LogP contribution is 2.38. The van der Waals surface area contributed by atoms with Crippen LogP contribution in [0.3, 0.4) is 0 Å². The van der Waals surface area contributed by atoms with E-state index >= 15 is 0 Å². The first-order valence-corrected chi connectivity index (χ1v) is 9.69. The van der Waals surface area contributed by atoms with Crippen LogP contribution in [-0.2, 0) is 11.3 Å². The van der Waals surface area contributed by atoms with Crippen molar-refractivity contribution in [2.24, 2.45) is 0 Å². The van der Waals surface area contributed by atoms with Gasteiger partial charge in [-0.1, -0.05) is 30.3 Å². The van der Waals surface area contributed by atoms with Gasteiger partial charge in [-0.15, -0.1) is 0 Å². The third-order valence-electron chi connectivity index (χ3n) is 5.79. The van der Waals surface area contributed by atoms with E-state index in [2.05, 4.69) is 20.5 Å². The smallest absolute Gasteiger partial charge is 0.267 e. The molecule has 1 aromatic carbocycles. The maximum absolute atomic E-state index is 13.2. The highest BCUT2D eigenvalue weighted by Gasteiger charge is 2.52. The van der Waals surface area contributed by atoms with Crippen LogP contribution in [0.25, 0.3) is 0 Å². The van der Waals surface area contributed by atoms with Gasteiger partial charge in [-0.3, -0.25) is 14.5 Å². The van der Waals surface area contributed by atoms with Crippen molar-refractivity contribution in [1.29, 1.82) is 0 Å². The normalized spacial score (nSPS) is 25.0. The standard InChI is InChI=1S/C21H26N4O2/c26-19(18-9-6-11-22-18)24-17-13-21(10-4-5-12-25(21)15-17)20(27)23-14-16-7-2-1-3-8-16/h1-3,6-9,11,17,22H,4-5,10,12-15H2,(H,23,27)(H,24,26)/t17?,21-/m0/s1. The van der Waals surface area contributed by atoms with Gasteiger partial charge in [0, 0.05) is 25.3 Å². The topological polar surface area (TPSA) is 77.2 Å². The average molecular weight is 366 g/mol. The number of H-pyrrole nitrogens is 1. The maximum Gasteiger partial charge on any atom is 0.267 e. The van der Waals surface area contributed by atoms with E-state index in [9.17, 15) is 9.59 Å². The number of benzene rings is 1. The number of aromatic amines is 1. The summed E-state index contributed by atoms with van der Waals surface area (Å²) < 4.78 is 0. The number of carbonyl (C=O) groups is 2. The van der Waals surface area contributed by atoms with Crippen LogP contribution in [0.1, 0.15) is 41.7 Å². The fourth-order valence-electron chi connectivity index (χ4n) is 4.45. The van der Waals surface area contributed by atoms with Gasteiger partial charge in [0.15, 0.2) is 0 Å². The van der Waals surface area contributed by atoms with Crippen LogP contribution in [0.4, 0.5) is 0 Å². The number of carbonyl (C=O) groups excluding carboxylic acids is 2. The van der Waals surface area contributed by atoms with Crippen molar-refractivity contribution in [3.05, 3.63) is 59.9 Å². The number of hydrogen-bond donors (Lipinski definition) is 3. The summed E-state index contributed by atoms with van der Waals surface area (Å²) >= 11 is 0. The molecule has 1 unspecified atom stereocenters. The van der Waals surface area contributed by atoms with Crippen molar-refractivity contribution in [3.8, 4) is 0 Å². The van der Waals surface area contributed by atoms with E-state index in [4.69, 9.17) is 0 Å². The van der Waals surface area contributed by atoms with Gasteiger partial charge >= 0.3 is 0 Å². The second kappa shape index (κ2) is 7.56. The molecule has 2 aromatic rings. The summed E-state index contributed by atoms with van der Waals surface area (Å²) in [5.41, 5.74) is 1.16. The number of nitrogens with zero attached hydrogens (tertiary/aromatic N) is 1. The van der Waals surface area contributed by atoms with E-state index in [1.165, 1.54) is 0 Å². The molecule has 3 heterocycles. The summed E-state index contributed by atoms with van der Waals surface area (Å²) in [7, 11) is 0. The van der Waals surface area contributed by atoms with Crippen LogP contribution in [0.2, 0.25) is 0 Å². The minimum absolute atomic E-state index is 0.0126. The highest BCUT2D eigenvalue weighted by atomic mass is 16.2. The quantitative estimate of drug-likeness (QED) is 0.758. The molecule has 2 saturated heterocycles. The minimum Gasteiger partial charge on any atom is -0.357 e. The lowest BCUT2D eigenvalue weighted by molar-refractivity contribution is -0.134. The Kier molecular flexibility index (Phi) is 4.99. The van der Waals surface area contributed by atoms with Gasteiger partial charge in [-0.2, -0.15) is 0 Å². The minimum atomic E-state index is -0.499. The summed E-state index contributed by atoms with van der Waals surface area (Å²) in [4.78, 5) is 30.8. The van der Waals surface area contributed by atoms with Crippen LogP contribution in [0.5, 0.6) is 0 Å². The highest BCUT2D eigenvalue weighted by molar-refractivity contribution is 5.93. The predicted octanol–water partition coefficient (Wildman–Crippen LogP) is 2.06. The average Bonchev–Trinajstić information content (AvgIpc) is 3.35. The number of hydrogen-bond acceptors (Lipinski definition) is 3. The van der Waals surface area contributed by atoms with Crippen molar-refractivity contribution in [2.75, 3.05) is 13.1 Å². The molecule has 2 atom stereocenters. The zero-order chi connectivity index (χ0) is 18.7. The van der Waals surface area contributed by atoms with Gasteiger partial charge in [-0.05, 0) is 49.9 Å². The molecule has 6 nitrogen and oxygen atoms in total. The lowest BCUT2D eigenvalue weighted by Gasteiger charge is -2.40. The predicted molar refractivity (Wildman–Crippen MR) is 103 cm³/mol. The van der Waals surface area contributed by atoms with Crippen molar-refractivity contribution < 1.29 is 9.59 Å². The van der Waals surface area contributed by atoms with E-state index in [1.807, 2.05) is 36.4 Å². The first kappa shape index (κ1) is 17.8. The van der Waals surface area contributed by atoms with Gasteiger partial charge < -0.3 is 15.6 Å². The van der Waals surface area contributed by atoms with Gasteiger partial charge in [0.05, 0.1) is 0 Å². The van der Waals surface area contributed by atoms with E-state index in [-0.39, 0.29) is 17.9 Å². The van der Waals surface area contributed by atoms with Crippen molar-refractivity contribution >= 4 is 11.8 Å². The van der Waals surface area contributed by atoms with Crippen LogP contribution in [0, 0.1) is 0 Å². The lowest BCUT2D eigenvalue weighted by atomic mass is 9.84. The van der Waals surface area contributed by atoms with Gasteiger partial charge in [0.1, 0.15) is 11.2 Å². The molecule has 0 aliphatic carbocycles. The second-order valence-corrected chi connectivity index (χ2v) is 7.56. The number of amides is 2.